The van der Waals surface area contributed by atoms with Crippen LogP contribution in [0.2, 0.25) is 0 Å². The molecule has 0 aliphatic heterocycles. The highest BCUT2D eigenvalue weighted by Gasteiger charge is 2.21. The molecule has 0 radical (unpaired) electrons. The van der Waals surface area contributed by atoms with Gasteiger partial charge in [0.05, 0.1) is 24.6 Å². The Morgan fingerprint density at radius 1 is 1.03 bits per heavy atom. The van der Waals surface area contributed by atoms with Crippen molar-refractivity contribution in [3.05, 3.63) is 59.7 Å². The molecule has 30 heavy (non-hydrogen) atoms. The van der Waals surface area contributed by atoms with Gasteiger partial charge in [0, 0.05) is 6.04 Å². The molecule has 3 N–H and O–H groups in total. The van der Waals surface area contributed by atoms with Crippen molar-refractivity contribution in [2.24, 2.45) is 11.1 Å². The molecule has 0 saturated carbocycles. The summed E-state index contributed by atoms with van der Waals surface area (Å²) in [6, 6.07) is 13.9. The van der Waals surface area contributed by atoms with Gasteiger partial charge in [-0.2, -0.15) is 0 Å². The fourth-order valence-corrected chi connectivity index (χ4v) is 3.73. The number of carbonyl (C=O) groups excluding carboxylic acids is 1. The molecule has 2 unspecified atom stereocenters. The number of ether oxygens (including phenoxy) is 1. The molecule has 8 heteroatoms. The van der Waals surface area contributed by atoms with Crippen LogP contribution in [0, 0.1) is 5.92 Å². The fourth-order valence-electron chi connectivity index (χ4n) is 3.22. The van der Waals surface area contributed by atoms with Crippen molar-refractivity contribution in [2.75, 3.05) is 20.7 Å². The van der Waals surface area contributed by atoms with Crippen molar-refractivity contribution in [2.45, 2.75) is 37.8 Å². The van der Waals surface area contributed by atoms with Crippen LogP contribution >= 0.6 is 0 Å². The molecule has 2 aromatic carbocycles. The van der Waals surface area contributed by atoms with Gasteiger partial charge in [-0.15, -0.1) is 0 Å². The van der Waals surface area contributed by atoms with Crippen molar-refractivity contribution in [3.63, 3.8) is 0 Å². The van der Waals surface area contributed by atoms with Gasteiger partial charge in [-0.1, -0.05) is 38.1 Å². The van der Waals surface area contributed by atoms with E-state index < -0.39 is 10.0 Å². The van der Waals surface area contributed by atoms with E-state index in [0.29, 0.717) is 0 Å². The summed E-state index contributed by atoms with van der Waals surface area (Å²) in [6.45, 7) is 6.29. The number of nitrogens with two attached hydrogens (primary N) is 1. The number of primary sulfonamides is 1. The second kappa shape index (κ2) is 10.1. The maximum absolute atomic E-state index is 12.7. The number of sulfonamides is 1. The SMILES string of the molecule is COc1ccc(C(NC(=O)CN(C)C(C)c2ccc(S(N)(=O)=O)cc2)C(C)C)cc1. The first kappa shape index (κ1) is 23.9. The zero-order valence-electron chi connectivity index (χ0n) is 18.1. The number of carbonyl (C=O) groups is 1. The Labute approximate surface area is 179 Å². The normalized spacial score (nSPS) is 13.9. The minimum absolute atomic E-state index is 0.0677. The van der Waals surface area contributed by atoms with Crippen LogP contribution in [0.25, 0.3) is 0 Å². The van der Waals surface area contributed by atoms with Gasteiger partial charge in [-0.3, -0.25) is 9.69 Å². The van der Waals surface area contributed by atoms with E-state index in [1.807, 2.05) is 43.1 Å². The highest BCUT2D eigenvalue weighted by molar-refractivity contribution is 7.89. The standard InChI is InChI=1S/C22H31N3O4S/c1-15(2)22(18-6-10-19(29-5)11-7-18)24-21(26)14-25(4)16(3)17-8-12-20(13-9-17)30(23,27)28/h6-13,15-16,22H,14H2,1-5H3,(H,24,26)(H2,23,27,28). The summed E-state index contributed by atoms with van der Waals surface area (Å²) in [5.74, 6) is 0.908. The number of methoxy groups -OCH3 is 1. The topological polar surface area (TPSA) is 102 Å². The molecule has 0 heterocycles. The molecular weight excluding hydrogens is 402 g/mol. The van der Waals surface area contributed by atoms with Crippen molar-refractivity contribution < 1.29 is 17.9 Å². The highest BCUT2D eigenvalue weighted by atomic mass is 32.2. The Morgan fingerprint density at radius 3 is 2.03 bits per heavy atom. The van der Waals surface area contributed by atoms with E-state index in [2.05, 4.69) is 19.2 Å². The van der Waals surface area contributed by atoms with Crippen molar-refractivity contribution >= 4 is 15.9 Å². The smallest absolute Gasteiger partial charge is 0.238 e. The second-order valence-corrected chi connectivity index (χ2v) is 9.33. The molecule has 0 aliphatic rings. The van der Waals surface area contributed by atoms with Gasteiger partial charge >= 0.3 is 0 Å². The van der Waals surface area contributed by atoms with Crippen LogP contribution in [0.4, 0.5) is 0 Å². The average Bonchev–Trinajstić information content (AvgIpc) is 2.70. The number of amides is 1. The third-order valence-electron chi connectivity index (χ3n) is 5.20. The first-order chi connectivity index (χ1) is 14.0. The van der Waals surface area contributed by atoms with Crippen molar-refractivity contribution in [1.82, 2.24) is 10.2 Å². The first-order valence-electron chi connectivity index (χ1n) is 9.79. The predicted molar refractivity (Wildman–Crippen MR) is 118 cm³/mol. The van der Waals surface area contributed by atoms with Crippen LogP contribution in [0.1, 0.15) is 44.0 Å². The van der Waals surface area contributed by atoms with Gasteiger partial charge in [0.1, 0.15) is 5.75 Å². The number of hydrogen-bond donors (Lipinski definition) is 2. The summed E-state index contributed by atoms with van der Waals surface area (Å²) in [6.07, 6.45) is 0. The Balaban J connectivity index is 2.03. The Hall–Kier alpha value is -2.42. The molecule has 0 fully saturated rings. The lowest BCUT2D eigenvalue weighted by molar-refractivity contribution is -0.123. The van der Waals surface area contributed by atoms with Crippen molar-refractivity contribution in [1.29, 1.82) is 0 Å². The molecular formula is C22H31N3O4S. The van der Waals surface area contributed by atoms with Gasteiger partial charge in [0.2, 0.25) is 15.9 Å². The molecule has 0 aromatic heterocycles. The molecule has 0 saturated heterocycles. The molecule has 1 amide bonds. The molecule has 0 spiro atoms. The molecule has 164 valence electrons. The van der Waals surface area contributed by atoms with Crippen LogP contribution in [0.5, 0.6) is 5.75 Å². The lowest BCUT2D eigenvalue weighted by atomic mass is 9.96. The van der Waals surface area contributed by atoms with Crippen LogP contribution in [0.3, 0.4) is 0 Å². The molecule has 2 rings (SSSR count). The van der Waals surface area contributed by atoms with E-state index in [9.17, 15) is 13.2 Å². The van der Waals surface area contributed by atoms with Crippen LogP contribution in [-0.4, -0.2) is 39.9 Å². The molecule has 0 bridgehead atoms. The molecule has 2 atom stereocenters. The van der Waals surface area contributed by atoms with Crippen molar-refractivity contribution in [3.8, 4) is 5.75 Å². The number of nitrogens with zero attached hydrogens (tertiary/aromatic N) is 1. The summed E-state index contributed by atoms with van der Waals surface area (Å²) < 4.78 is 28.0. The lowest BCUT2D eigenvalue weighted by Gasteiger charge is -2.27. The summed E-state index contributed by atoms with van der Waals surface area (Å²) in [5.41, 5.74) is 1.92. The minimum Gasteiger partial charge on any atom is -0.497 e. The number of likely N-dealkylation sites (N-methyl/N-ethyl adjacent to an activating group) is 1. The molecule has 2 aromatic rings. The van der Waals surface area contributed by atoms with Gasteiger partial charge in [-0.25, -0.2) is 13.6 Å². The summed E-state index contributed by atoms with van der Waals surface area (Å²) in [4.78, 5) is 14.7. The van der Waals surface area contributed by atoms with Gasteiger partial charge in [-0.05, 0) is 55.3 Å². The quantitative estimate of drug-likeness (QED) is 0.633. The third-order valence-corrected chi connectivity index (χ3v) is 6.13. The van der Waals surface area contributed by atoms with Crippen LogP contribution in [-0.2, 0) is 14.8 Å². The highest BCUT2D eigenvalue weighted by Crippen LogP contribution is 2.24. The second-order valence-electron chi connectivity index (χ2n) is 7.77. The number of rotatable bonds is 9. The Kier molecular flexibility index (Phi) is 8.00. The van der Waals surface area contributed by atoms with Gasteiger partial charge in [0.15, 0.2) is 0 Å². The zero-order valence-corrected chi connectivity index (χ0v) is 18.9. The minimum atomic E-state index is -3.72. The van der Waals surface area contributed by atoms with Crippen LogP contribution in [0.15, 0.2) is 53.4 Å². The van der Waals surface area contributed by atoms with E-state index in [4.69, 9.17) is 9.88 Å². The average molecular weight is 434 g/mol. The lowest BCUT2D eigenvalue weighted by Crippen LogP contribution is -2.39. The predicted octanol–water partition coefficient (Wildman–Crippen LogP) is 2.85. The number of benzene rings is 2. The monoisotopic (exact) mass is 433 g/mol. The Bertz CT molecular complexity index is 941. The van der Waals surface area contributed by atoms with E-state index in [0.717, 1.165) is 16.9 Å². The van der Waals surface area contributed by atoms with E-state index in [1.165, 1.54) is 12.1 Å². The van der Waals surface area contributed by atoms with Gasteiger partial charge in [0.25, 0.3) is 0 Å². The molecule has 0 aliphatic carbocycles. The fraction of sp³-hybridized carbons (Fsp3) is 0.409. The first-order valence-corrected chi connectivity index (χ1v) is 11.3. The van der Waals surface area contributed by atoms with E-state index in [1.54, 1.807) is 19.2 Å². The number of hydrogen-bond acceptors (Lipinski definition) is 5. The summed E-state index contributed by atoms with van der Waals surface area (Å²) in [7, 11) is -0.245. The Morgan fingerprint density at radius 2 is 1.57 bits per heavy atom. The van der Waals surface area contributed by atoms with E-state index in [-0.39, 0.29) is 35.3 Å². The summed E-state index contributed by atoms with van der Waals surface area (Å²) >= 11 is 0. The maximum atomic E-state index is 12.7. The summed E-state index contributed by atoms with van der Waals surface area (Å²) in [5, 5.41) is 8.26. The number of nitrogens with one attached hydrogen (secondary N) is 1. The largest absolute Gasteiger partial charge is 0.497 e. The van der Waals surface area contributed by atoms with Gasteiger partial charge < -0.3 is 10.1 Å². The maximum Gasteiger partial charge on any atom is 0.238 e. The molecule has 7 nitrogen and oxygen atoms in total. The third kappa shape index (κ3) is 6.29. The zero-order chi connectivity index (χ0) is 22.5. The van der Waals surface area contributed by atoms with E-state index >= 15 is 0 Å². The van der Waals surface area contributed by atoms with Crippen LogP contribution < -0.4 is 15.2 Å².